The van der Waals surface area contributed by atoms with Gasteiger partial charge >= 0.3 is 5.97 Å². The van der Waals surface area contributed by atoms with Crippen LogP contribution < -0.4 is 5.32 Å². The Morgan fingerprint density at radius 3 is 2.80 bits per heavy atom. The second-order valence-corrected chi connectivity index (χ2v) is 4.41. The van der Waals surface area contributed by atoms with Gasteiger partial charge in [0.1, 0.15) is 4.88 Å². The van der Waals surface area contributed by atoms with E-state index in [-0.39, 0.29) is 0 Å². The second-order valence-electron chi connectivity index (χ2n) is 3.36. The van der Waals surface area contributed by atoms with Crippen LogP contribution in [0.2, 0.25) is 0 Å². The SMILES string of the molecule is CNc1c(C(=O)O)sc2ccc(C)cc12. The summed E-state index contributed by atoms with van der Waals surface area (Å²) in [6, 6.07) is 5.95. The number of anilines is 1. The normalized spacial score (nSPS) is 10.5. The molecule has 0 atom stereocenters. The summed E-state index contributed by atoms with van der Waals surface area (Å²) in [4.78, 5) is 11.4. The zero-order valence-corrected chi connectivity index (χ0v) is 9.31. The van der Waals surface area contributed by atoms with E-state index in [2.05, 4.69) is 5.32 Å². The average molecular weight is 221 g/mol. The number of thiophene rings is 1. The molecule has 0 amide bonds. The Morgan fingerprint density at radius 2 is 2.20 bits per heavy atom. The summed E-state index contributed by atoms with van der Waals surface area (Å²) in [7, 11) is 1.75. The first kappa shape index (κ1) is 9.98. The molecule has 0 aliphatic heterocycles. The van der Waals surface area contributed by atoms with Crippen molar-refractivity contribution in [2.45, 2.75) is 6.92 Å². The predicted octanol–water partition coefficient (Wildman–Crippen LogP) is 2.95. The number of rotatable bonds is 2. The van der Waals surface area contributed by atoms with Gasteiger partial charge in [-0.05, 0) is 19.1 Å². The molecule has 0 unspecified atom stereocenters. The van der Waals surface area contributed by atoms with Crippen molar-refractivity contribution in [1.29, 1.82) is 0 Å². The average Bonchev–Trinajstić information content (AvgIpc) is 2.55. The summed E-state index contributed by atoms with van der Waals surface area (Å²) < 4.78 is 1.00. The van der Waals surface area contributed by atoms with E-state index >= 15 is 0 Å². The minimum atomic E-state index is -0.877. The van der Waals surface area contributed by atoms with Gasteiger partial charge in [-0.1, -0.05) is 11.6 Å². The molecule has 0 saturated heterocycles. The summed E-state index contributed by atoms with van der Waals surface area (Å²) in [5, 5.41) is 13.0. The second kappa shape index (κ2) is 3.55. The van der Waals surface area contributed by atoms with E-state index in [1.807, 2.05) is 25.1 Å². The van der Waals surface area contributed by atoms with Crippen molar-refractivity contribution in [3.63, 3.8) is 0 Å². The molecule has 0 saturated carbocycles. The zero-order chi connectivity index (χ0) is 11.0. The highest BCUT2D eigenvalue weighted by atomic mass is 32.1. The van der Waals surface area contributed by atoms with Crippen LogP contribution in [0.5, 0.6) is 0 Å². The number of nitrogens with one attached hydrogen (secondary N) is 1. The molecule has 2 N–H and O–H groups in total. The summed E-state index contributed by atoms with van der Waals surface area (Å²) in [6.45, 7) is 2.00. The molecule has 1 aromatic carbocycles. The van der Waals surface area contributed by atoms with E-state index in [1.165, 1.54) is 11.3 Å². The van der Waals surface area contributed by atoms with Gasteiger partial charge in [-0.2, -0.15) is 0 Å². The predicted molar refractivity (Wildman–Crippen MR) is 63.1 cm³/mol. The van der Waals surface area contributed by atoms with E-state index in [1.54, 1.807) is 7.05 Å². The molecule has 0 fully saturated rings. The molecular formula is C11H11NO2S. The van der Waals surface area contributed by atoms with Gasteiger partial charge in [0.05, 0.1) is 5.69 Å². The fourth-order valence-electron chi connectivity index (χ4n) is 1.61. The smallest absolute Gasteiger partial charge is 0.348 e. The van der Waals surface area contributed by atoms with E-state index in [9.17, 15) is 4.79 Å². The van der Waals surface area contributed by atoms with Gasteiger partial charge in [-0.15, -0.1) is 11.3 Å². The summed E-state index contributed by atoms with van der Waals surface area (Å²) in [5.74, 6) is -0.877. The van der Waals surface area contributed by atoms with Crippen LogP contribution in [0.1, 0.15) is 15.2 Å². The van der Waals surface area contributed by atoms with Gasteiger partial charge < -0.3 is 10.4 Å². The molecule has 0 spiro atoms. The number of carboxylic acid groups (broad SMARTS) is 1. The van der Waals surface area contributed by atoms with Crippen molar-refractivity contribution in [1.82, 2.24) is 0 Å². The highest BCUT2D eigenvalue weighted by Crippen LogP contribution is 2.35. The highest BCUT2D eigenvalue weighted by molar-refractivity contribution is 7.21. The molecule has 78 valence electrons. The number of carbonyl (C=O) groups is 1. The molecule has 2 rings (SSSR count). The van der Waals surface area contributed by atoms with Crippen molar-refractivity contribution in [3.8, 4) is 0 Å². The van der Waals surface area contributed by atoms with Crippen molar-refractivity contribution >= 4 is 33.1 Å². The first-order valence-electron chi connectivity index (χ1n) is 4.57. The molecule has 0 bridgehead atoms. The third-order valence-corrected chi connectivity index (χ3v) is 3.45. The Bertz CT molecular complexity index is 531. The molecule has 15 heavy (non-hydrogen) atoms. The van der Waals surface area contributed by atoms with Crippen LogP contribution in [0.3, 0.4) is 0 Å². The number of hydrogen-bond donors (Lipinski definition) is 2. The van der Waals surface area contributed by atoms with Gasteiger partial charge in [-0.3, -0.25) is 0 Å². The Balaban J connectivity index is 2.79. The van der Waals surface area contributed by atoms with E-state index in [4.69, 9.17) is 5.11 Å². The molecular weight excluding hydrogens is 210 g/mol. The van der Waals surface area contributed by atoms with Gasteiger partial charge in [0, 0.05) is 17.1 Å². The Morgan fingerprint density at radius 1 is 1.47 bits per heavy atom. The van der Waals surface area contributed by atoms with Gasteiger partial charge in [0.2, 0.25) is 0 Å². The molecule has 1 heterocycles. The largest absolute Gasteiger partial charge is 0.477 e. The van der Waals surface area contributed by atoms with Crippen molar-refractivity contribution in [2.75, 3.05) is 12.4 Å². The first-order chi connectivity index (χ1) is 7.13. The number of benzene rings is 1. The standard InChI is InChI=1S/C11H11NO2S/c1-6-3-4-8-7(5-6)9(12-2)10(15-8)11(13)14/h3-5,12H,1-2H3,(H,13,14). The van der Waals surface area contributed by atoms with E-state index in [0.717, 1.165) is 15.6 Å². The topological polar surface area (TPSA) is 49.3 Å². The maximum atomic E-state index is 11.0. The maximum absolute atomic E-state index is 11.0. The van der Waals surface area contributed by atoms with Gasteiger partial charge in [0.15, 0.2) is 0 Å². The molecule has 2 aromatic rings. The first-order valence-corrected chi connectivity index (χ1v) is 5.39. The molecule has 0 radical (unpaired) electrons. The fraction of sp³-hybridized carbons (Fsp3) is 0.182. The minimum Gasteiger partial charge on any atom is -0.477 e. The number of fused-ring (bicyclic) bond motifs is 1. The summed E-state index contributed by atoms with van der Waals surface area (Å²) >= 11 is 1.30. The zero-order valence-electron chi connectivity index (χ0n) is 8.50. The lowest BCUT2D eigenvalue weighted by Gasteiger charge is -1.99. The number of aryl methyl sites for hydroxylation is 1. The molecule has 4 heteroatoms. The lowest BCUT2D eigenvalue weighted by Crippen LogP contribution is -1.97. The van der Waals surface area contributed by atoms with Crippen LogP contribution in [0, 0.1) is 6.92 Å². The van der Waals surface area contributed by atoms with Crippen molar-refractivity contribution in [2.24, 2.45) is 0 Å². The number of hydrogen-bond acceptors (Lipinski definition) is 3. The molecule has 3 nitrogen and oxygen atoms in total. The van der Waals surface area contributed by atoms with Crippen molar-refractivity contribution < 1.29 is 9.90 Å². The van der Waals surface area contributed by atoms with E-state index < -0.39 is 5.97 Å². The summed E-state index contributed by atoms with van der Waals surface area (Å²) in [5.41, 5.74) is 1.85. The Hall–Kier alpha value is -1.55. The Labute approximate surface area is 91.4 Å². The molecule has 0 aliphatic rings. The van der Waals surface area contributed by atoms with Crippen LogP contribution in [-0.2, 0) is 0 Å². The summed E-state index contributed by atoms with van der Waals surface area (Å²) in [6.07, 6.45) is 0. The van der Waals surface area contributed by atoms with Crippen LogP contribution in [0.25, 0.3) is 10.1 Å². The third kappa shape index (κ3) is 1.57. The number of aromatic carboxylic acids is 1. The third-order valence-electron chi connectivity index (χ3n) is 2.29. The van der Waals surface area contributed by atoms with Crippen LogP contribution in [0.4, 0.5) is 5.69 Å². The Kier molecular flexibility index (Phi) is 2.36. The van der Waals surface area contributed by atoms with Crippen molar-refractivity contribution in [3.05, 3.63) is 28.6 Å². The maximum Gasteiger partial charge on any atom is 0.348 e. The lowest BCUT2D eigenvalue weighted by atomic mass is 10.1. The van der Waals surface area contributed by atoms with Crippen LogP contribution in [-0.4, -0.2) is 18.1 Å². The monoisotopic (exact) mass is 221 g/mol. The van der Waals surface area contributed by atoms with E-state index in [0.29, 0.717) is 10.6 Å². The van der Waals surface area contributed by atoms with Crippen LogP contribution >= 0.6 is 11.3 Å². The highest BCUT2D eigenvalue weighted by Gasteiger charge is 2.16. The minimum absolute atomic E-state index is 0.373. The fourth-order valence-corrected chi connectivity index (χ4v) is 2.64. The lowest BCUT2D eigenvalue weighted by molar-refractivity contribution is 0.0703. The van der Waals surface area contributed by atoms with Gasteiger partial charge in [0.25, 0.3) is 0 Å². The quantitative estimate of drug-likeness (QED) is 0.819. The van der Waals surface area contributed by atoms with Gasteiger partial charge in [-0.25, -0.2) is 4.79 Å². The molecule has 0 aliphatic carbocycles. The number of carboxylic acids is 1. The van der Waals surface area contributed by atoms with Crippen LogP contribution in [0.15, 0.2) is 18.2 Å². The molecule has 1 aromatic heterocycles.